The number of nitrogens with zero attached hydrogens (tertiary/aromatic N) is 1. The average molecular weight is 319 g/mol. The van der Waals surface area contributed by atoms with Gasteiger partial charge in [0.1, 0.15) is 0 Å². The fourth-order valence-corrected chi connectivity index (χ4v) is 2.71. The van der Waals surface area contributed by atoms with Crippen molar-refractivity contribution in [3.63, 3.8) is 0 Å². The standard InChI is InChI=1S/C14H10IN/c1-9-7-10-5-6-11-12(14(10)16-8-9)3-2-4-13(11)15/h2-8H,1H3. The Hall–Kier alpha value is -1.16. The van der Waals surface area contributed by atoms with Gasteiger partial charge in [-0.05, 0) is 52.6 Å². The van der Waals surface area contributed by atoms with Crippen molar-refractivity contribution in [2.45, 2.75) is 6.92 Å². The average Bonchev–Trinajstić information content (AvgIpc) is 2.28. The molecule has 0 atom stereocenters. The molecule has 3 rings (SSSR count). The Bertz CT molecular complexity index is 689. The predicted molar refractivity (Wildman–Crippen MR) is 76.7 cm³/mol. The second-order valence-electron chi connectivity index (χ2n) is 3.98. The molecule has 0 saturated carbocycles. The predicted octanol–water partition coefficient (Wildman–Crippen LogP) is 4.30. The quantitative estimate of drug-likeness (QED) is 0.445. The third-order valence-electron chi connectivity index (χ3n) is 2.79. The van der Waals surface area contributed by atoms with Crippen molar-refractivity contribution < 1.29 is 0 Å². The Morgan fingerprint density at radius 3 is 2.81 bits per heavy atom. The van der Waals surface area contributed by atoms with Crippen LogP contribution < -0.4 is 0 Å². The molecule has 1 aromatic heterocycles. The molecule has 2 heteroatoms. The van der Waals surface area contributed by atoms with Gasteiger partial charge in [-0.2, -0.15) is 0 Å². The first-order valence-electron chi connectivity index (χ1n) is 5.19. The summed E-state index contributed by atoms with van der Waals surface area (Å²) < 4.78 is 1.28. The monoisotopic (exact) mass is 319 g/mol. The lowest BCUT2D eigenvalue weighted by molar-refractivity contribution is 1.34. The smallest absolute Gasteiger partial charge is 0.0780 e. The summed E-state index contributed by atoms with van der Waals surface area (Å²) in [6.45, 7) is 2.07. The van der Waals surface area contributed by atoms with Crippen LogP contribution in [-0.2, 0) is 0 Å². The van der Waals surface area contributed by atoms with Crippen molar-refractivity contribution in [1.29, 1.82) is 0 Å². The number of hydrogen-bond donors (Lipinski definition) is 0. The van der Waals surface area contributed by atoms with Crippen LogP contribution >= 0.6 is 22.6 Å². The van der Waals surface area contributed by atoms with Crippen LogP contribution in [0.2, 0.25) is 0 Å². The van der Waals surface area contributed by atoms with Crippen LogP contribution in [0.25, 0.3) is 21.7 Å². The lowest BCUT2D eigenvalue weighted by Gasteiger charge is -2.05. The molecule has 0 radical (unpaired) electrons. The number of aryl methyl sites for hydroxylation is 1. The molecule has 0 fully saturated rings. The highest BCUT2D eigenvalue weighted by Crippen LogP contribution is 2.27. The zero-order valence-corrected chi connectivity index (χ0v) is 11.0. The molecule has 2 aromatic carbocycles. The Morgan fingerprint density at radius 1 is 1.06 bits per heavy atom. The molecule has 0 aliphatic carbocycles. The summed E-state index contributed by atoms with van der Waals surface area (Å²) in [5.74, 6) is 0. The highest BCUT2D eigenvalue weighted by molar-refractivity contribution is 14.1. The Labute approximate surface area is 108 Å². The molecule has 0 aliphatic heterocycles. The van der Waals surface area contributed by atoms with E-state index in [9.17, 15) is 0 Å². The lowest BCUT2D eigenvalue weighted by Crippen LogP contribution is -1.85. The zero-order chi connectivity index (χ0) is 11.1. The molecule has 3 aromatic rings. The molecule has 0 aliphatic rings. The fraction of sp³-hybridized carbons (Fsp3) is 0.0714. The molecule has 16 heavy (non-hydrogen) atoms. The van der Waals surface area contributed by atoms with Gasteiger partial charge in [0, 0.05) is 20.5 Å². The molecule has 0 N–H and O–H groups in total. The summed E-state index contributed by atoms with van der Waals surface area (Å²) in [5.41, 5.74) is 2.30. The van der Waals surface area contributed by atoms with Crippen LogP contribution in [0.3, 0.4) is 0 Å². The van der Waals surface area contributed by atoms with E-state index in [-0.39, 0.29) is 0 Å². The van der Waals surface area contributed by atoms with Gasteiger partial charge in [0.25, 0.3) is 0 Å². The van der Waals surface area contributed by atoms with E-state index in [0.717, 1.165) is 5.52 Å². The molecule has 0 bridgehead atoms. The van der Waals surface area contributed by atoms with Gasteiger partial charge in [0.15, 0.2) is 0 Å². The van der Waals surface area contributed by atoms with Gasteiger partial charge in [0.2, 0.25) is 0 Å². The summed E-state index contributed by atoms with van der Waals surface area (Å²) in [4.78, 5) is 4.55. The summed E-state index contributed by atoms with van der Waals surface area (Å²) >= 11 is 2.37. The van der Waals surface area contributed by atoms with Crippen molar-refractivity contribution in [2.75, 3.05) is 0 Å². The van der Waals surface area contributed by atoms with E-state index in [0.29, 0.717) is 0 Å². The Balaban J connectivity index is 2.55. The third kappa shape index (κ3) is 1.48. The molecule has 0 amide bonds. The number of fused-ring (bicyclic) bond motifs is 3. The van der Waals surface area contributed by atoms with Gasteiger partial charge in [-0.1, -0.05) is 24.3 Å². The van der Waals surface area contributed by atoms with E-state index < -0.39 is 0 Å². The van der Waals surface area contributed by atoms with E-state index in [4.69, 9.17) is 0 Å². The summed E-state index contributed by atoms with van der Waals surface area (Å²) in [6.07, 6.45) is 1.93. The minimum atomic E-state index is 1.10. The van der Waals surface area contributed by atoms with E-state index in [2.05, 4.69) is 70.9 Å². The lowest BCUT2D eigenvalue weighted by atomic mass is 10.1. The largest absolute Gasteiger partial charge is 0.255 e. The molecule has 0 saturated heterocycles. The maximum Gasteiger partial charge on any atom is 0.0780 e. The van der Waals surface area contributed by atoms with Gasteiger partial charge in [-0.3, -0.25) is 4.98 Å². The van der Waals surface area contributed by atoms with Crippen LogP contribution in [-0.4, -0.2) is 4.98 Å². The highest BCUT2D eigenvalue weighted by Gasteiger charge is 2.03. The Kier molecular flexibility index (Phi) is 2.32. The SMILES string of the molecule is Cc1cnc2c(ccc3c(I)cccc32)c1. The van der Waals surface area contributed by atoms with Crippen molar-refractivity contribution in [1.82, 2.24) is 4.98 Å². The summed E-state index contributed by atoms with van der Waals surface area (Å²) in [5, 5.41) is 3.74. The number of rotatable bonds is 0. The van der Waals surface area contributed by atoms with Crippen molar-refractivity contribution in [3.05, 3.63) is 51.7 Å². The normalized spacial score (nSPS) is 11.1. The zero-order valence-electron chi connectivity index (χ0n) is 8.87. The molecular weight excluding hydrogens is 309 g/mol. The number of halogens is 1. The molecule has 0 unspecified atom stereocenters. The number of pyridine rings is 1. The first-order chi connectivity index (χ1) is 7.75. The van der Waals surface area contributed by atoms with Crippen LogP contribution in [0.4, 0.5) is 0 Å². The summed E-state index contributed by atoms with van der Waals surface area (Å²) in [7, 11) is 0. The van der Waals surface area contributed by atoms with Gasteiger partial charge in [-0.25, -0.2) is 0 Å². The van der Waals surface area contributed by atoms with Crippen molar-refractivity contribution in [3.8, 4) is 0 Å². The highest BCUT2D eigenvalue weighted by atomic mass is 127. The van der Waals surface area contributed by atoms with Crippen LogP contribution in [0.1, 0.15) is 5.56 Å². The van der Waals surface area contributed by atoms with Crippen LogP contribution in [0.15, 0.2) is 42.6 Å². The van der Waals surface area contributed by atoms with Gasteiger partial charge in [-0.15, -0.1) is 0 Å². The molecule has 0 spiro atoms. The number of benzene rings is 2. The first-order valence-corrected chi connectivity index (χ1v) is 6.27. The second-order valence-corrected chi connectivity index (χ2v) is 5.15. The van der Waals surface area contributed by atoms with Crippen molar-refractivity contribution >= 4 is 44.3 Å². The van der Waals surface area contributed by atoms with Gasteiger partial charge in [0.05, 0.1) is 5.52 Å². The van der Waals surface area contributed by atoms with E-state index in [1.54, 1.807) is 0 Å². The van der Waals surface area contributed by atoms with E-state index in [1.165, 1.54) is 25.3 Å². The molecule has 78 valence electrons. The summed E-state index contributed by atoms with van der Waals surface area (Å²) in [6, 6.07) is 12.9. The van der Waals surface area contributed by atoms with Crippen molar-refractivity contribution in [2.24, 2.45) is 0 Å². The minimum Gasteiger partial charge on any atom is -0.255 e. The maximum atomic E-state index is 4.55. The third-order valence-corrected chi connectivity index (χ3v) is 3.73. The fourth-order valence-electron chi connectivity index (χ4n) is 2.03. The Morgan fingerprint density at radius 2 is 1.94 bits per heavy atom. The van der Waals surface area contributed by atoms with E-state index in [1.807, 2.05) is 6.20 Å². The first kappa shape index (κ1) is 10.0. The number of hydrogen-bond acceptors (Lipinski definition) is 1. The van der Waals surface area contributed by atoms with E-state index >= 15 is 0 Å². The molecular formula is C14H10IN. The minimum absolute atomic E-state index is 1.10. The van der Waals surface area contributed by atoms with Gasteiger partial charge >= 0.3 is 0 Å². The molecule has 1 heterocycles. The maximum absolute atomic E-state index is 4.55. The molecule has 1 nitrogen and oxygen atoms in total. The van der Waals surface area contributed by atoms with Gasteiger partial charge < -0.3 is 0 Å². The topological polar surface area (TPSA) is 12.9 Å². The second kappa shape index (κ2) is 3.70. The van der Waals surface area contributed by atoms with Crippen LogP contribution in [0.5, 0.6) is 0 Å². The number of aromatic nitrogens is 1. The van der Waals surface area contributed by atoms with Crippen LogP contribution in [0, 0.1) is 10.5 Å².